The number of fused-ring (bicyclic) bond motifs is 2. The fourth-order valence-corrected chi connectivity index (χ4v) is 7.58. The van der Waals surface area contributed by atoms with Gasteiger partial charge in [-0.1, -0.05) is 11.6 Å². The molecule has 1 aromatic rings. The van der Waals surface area contributed by atoms with Gasteiger partial charge in [0.25, 0.3) is 10.2 Å². The van der Waals surface area contributed by atoms with Gasteiger partial charge in [0.2, 0.25) is 0 Å². The minimum absolute atomic E-state index is 0.0674. The maximum Gasteiger partial charge on any atom is 0.409 e. The molecule has 0 radical (unpaired) electrons. The van der Waals surface area contributed by atoms with E-state index in [-0.39, 0.29) is 58.5 Å². The fourth-order valence-electron chi connectivity index (χ4n) is 5.32. The number of likely N-dealkylation sites (tertiary alicyclic amines) is 1. The van der Waals surface area contributed by atoms with Gasteiger partial charge in [0.15, 0.2) is 5.54 Å². The summed E-state index contributed by atoms with van der Waals surface area (Å²) in [5.41, 5.74) is -1.49. The third-order valence-electron chi connectivity index (χ3n) is 7.05. The van der Waals surface area contributed by atoms with Crippen molar-refractivity contribution >= 4 is 33.9 Å². The number of hydrogen-bond acceptors (Lipinski definition) is 8. The first-order valence-electron chi connectivity index (χ1n) is 12.5. The van der Waals surface area contributed by atoms with E-state index in [1.165, 1.54) is 20.6 Å². The zero-order chi connectivity index (χ0) is 26.6. The van der Waals surface area contributed by atoms with Crippen molar-refractivity contribution in [3.8, 4) is 5.75 Å². The molecule has 3 fully saturated rings. The van der Waals surface area contributed by atoms with Crippen LogP contribution in [0.4, 0.5) is 4.79 Å². The first kappa shape index (κ1) is 27.9. The highest BCUT2D eigenvalue weighted by Crippen LogP contribution is 2.43. The van der Waals surface area contributed by atoms with Crippen LogP contribution < -0.4 is 4.74 Å². The van der Waals surface area contributed by atoms with Crippen molar-refractivity contribution in [3.63, 3.8) is 0 Å². The predicted octanol–water partition coefficient (Wildman–Crippen LogP) is 2.29. The van der Waals surface area contributed by atoms with Crippen LogP contribution in [0.25, 0.3) is 0 Å². The number of amides is 1. The molecule has 3 saturated heterocycles. The number of piperazine rings is 1. The summed E-state index contributed by atoms with van der Waals surface area (Å²) in [5.74, 6) is 0.0370. The number of hydrogen-bond donors (Lipinski definition) is 0. The zero-order valence-corrected chi connectivity index (χ0v) is 22.7. The molecule has 3 aliphatic rings. The summed E-state index contributed by atoms with van der Waals surface area (Å²) >= 11 is 5.93. The summed E-state index contributed by atoms with van der Waals surface area (Å²) in [6.07, 6.45) is 0.982. The molecule has 0 spiro atoms. The third-order valence-corrected chi connectivity index (χ3v) is 9.46. The van der Waals surface area contributed by atoms with Gasteiger partial charge in [-0.15, -0.1) is 0 Å². The van der Waals surface area contributed by atoms with Crippen molar-refractivity contribution in [2.24, 2.45) is 0 Å². The maximum absolute atomic E-state index is 13.9. The lowest BCUT2D eigenvalue weighted by Gasteiger charge is -2.47. The number of esters is 1. The number of rotatable bonds is 9. The number of carbonyl (C=O) groups excluding carboxylic acids is 2. The number of benzene rings is 1. The second-order valence-corrected chi connectivity index (χ2v) is 11.6. The van der Waals surface area contributed by atoms with E-state index in [9.17, 15) is 18.0 Å². The number of ether oxygens (including phenoxy) is 4. The highest BCUT2D eigenvalue weighted by molar-refractivity contribution is 7.86. The molecular formula is C24H34ClN3O8S. The summed E-state index contributed by atoms with van der Waals surface area (Å²) in [7, 11) is -2.52. The average molecular weight is 560 g/mol. The Morgan fingerprint density at radius 2 is 1.78 bits per heavy atom. The van der Waals surface area contributed by atoms with Crippen molar-refractivity contribution in [1.82, 2.24) is 13.5 Å². The van der Waals surface area contributed by atoms with Crippen LogP contribution in [0.2, 0.25) is 5.02 Å². The van der Waals surface area contributed by atoms with Crippen LogP contribution in [-0.4, -0.2) is 105 Å². The number of piperidine rings is 1. The first-order valence-corrected chi connectivity index (χ1v) is 14.3. The molecule has 1 amide bonds. The molecular weight excluding hydrogens is 526 g/mol. The Labute approximate surface area is 222 Å². The monoisotopic (exact) mass is 559 g/mol. The van der Waals surface area contributed by atoms with E-state index >= 15 is 0 Å². The van der Waals surface area contributed by atoms with Crippen LogP contribution in [0.15, 0.2) is 24.3 Å². The maximum atomic E-state index is 13.9. The average Bonchev–Trinajstić information content (AvgIpc) is 3.14. The predicted molar refractivity (Wildman–Crippen MR) is 135 cm³/mol. The molecule has 1 aromatic carbocycles. The van der Waals surface area contributed by atoms with Crippen molar-refractivity contribution in [2.45, 2.75) is 50.3 Å². The molecule has 2 unspecified atom stereocenters. The summed E-state index contributed by atoms with van der Waals surface area (Å²) in [6.45, 7) is 2.61. The quantitative estimate of drug-likeness (QED) is 0.334. The smallest absolute Gasteiger partial charge is 0.409 e. The SMILES string of the molecule is CCOC(=O)C12CCC(CN(C(=O)OCCOC)C1)N2S(=O)(=O)N1CCC(Oc2ccc(Cl)cc2)CC1. The standard InChI is InChI=1S/C24H34ClN3O8S/c1-3-34-22(29)24-11-8-19(16-26(17-24)23(30)35-15-14-33-2)28(24)37(31,32)27-12-9-21(10-13-27)36-20-6-4-18(25)5-7-20/h4-7,19,21H,3,8-17H2,1-2H3. The van der Waals surface area contributed by atoms with Gasteiger partial charge in [0, 0.05) is 37.8 Å². The Morgan fingerprint density at radius 3 is 2.43 bits per heavy atom. The normalized spacial score (nSPS) is 25.2. The van der Waals surface area contributed by atoms with E-state index in [0.717, 1.165) is 0 Å². The first-order chi connectivity index (χ1) is 17.7. The Balaban J connectivity index is 1.48. The minimum Gasteiger partial charge on any atom is -0.490 e. The molecule has 0 saturated carbocycles. The lowest BCUT2D eigenvalue weighted by molar-refractivity contribution is -0.156. The van der Waals surface area contributed by atoms with Crippen LogP contribution in [-0.2, 0) is 29.2 Å². The largest absolute Gasteiger partial charge is 0.490 e. The lowest BCUT2D eigenvalue weighted by atomic mass is 9.97. The number of methoxy groups -OCH3 is 1. The molecule has 37 heavy (non-hydrogen) atoms. The summed E-state index contributed by atoms with van der Waals surface area (Å²) in [6, 6.07) is 6.50. The van der Waals surface area contributed by atoms with Gasteiger partial charge >= 0.3 is 12.1 Å². The van der Waals surface area contributed by atoms with Crippen LogP contribution in [0.1, 0.15) is 32.6 Å². The number of nitrogens with zero attached hydrogens (tertiary/aromatic N) is 3. The highest BCUT2D eigenvalue weighted by atomic mass is 35.5. The topological polar surface area (TPSA) is 115 Å². The van der Waals surface area contributed by atoms with E-state index in [4.69, 9.17) is 30.5 Å². The van der Waals surface area contributed by atoms with Crippen molar-refractivity contribution < 1.29 is 37.0 Å². The van der Waals surface area contributed by atoms with Gasteiger partial charge < -0.3 is 23.8 Å². The Kier molecular flexibility index (Phi) is 8.85. The Hall–Kier alpha value is -2.12. The van der Waals surface area contributed by atoms with Crippen molar-refractivity contribution in [1.29, 1.82) is 0 Å². The van der Waals surface area contributed by atoms with Crippen molar-refractivity contribution in [3.05, 3.63) is 29.3 Å². The zero-order valence-electron chi connectivity index (χ0n) is 21.1. The summed E-state index contributed by atoms with van der Waals surface area (Å²) in [4.78, 5) is 27.3. The van der Waals surface area contributed by atoms with E-state index in [0.29, 0.717) is 30.0 Å². The molecule has 0 aliphatic carbocycles. The van der Waals surface area contributed by atoms with Gasteiger partial charge in [0.05, 0.1) is 19.8 Å². The van der Waals surface area contributed by atoms with Gasteiger partial charge in [-0.25, -0.2) is 9.59 Å². The molecule has 13 heteroatoms. The van der Waals surface area contributed by atoms with E-state index < -0.39 is 33.9 Å². The summed E-state index contributed by atoms with van der Waals surface area (Å²) < 4.78 is 52.1. The van der Waals surface area contributed by atoms with Gasteiger partial charge in [-0.3, -0.25) is 0 Å². The number of carbonyl (C=O) groups is 2. The van der Waals surface area contributed by atoms with E-state index in [2.05, 4.69) is 0 Å². The molecule has 2 bridgehead atoms. The van der Waals surface area contributed by atoms with Crippen LogP contribution in [0.3, 0.4) is 0 Å². The van der Waals surface area contributed by atoms with Gasteiger partial charge in [0.1, 0.15) is 18.5 Å². The molecule has 0 aromatic heterocycles. The lowest BCUT2D eigenvalue weighted by Crippen LogP contribution is -2.69. The minimum atomic E-state index is -4.02. The molecule has 3 heterocycles. The second-order valence-electron chi connectivity index (χ2n) is 9.41. The van der Waals surface area contributed by atoms with Crippen LogP contribution >= 0.6 is 11.6 Å². The van der Waals surface area contributed by atoms with Crippen LogP contribution in [0, 0.1) is 0 Å². The summed E-state index contributed by atoms with van der Waals surface area (Å²) in [5, 5.41) is 0.613. The van der Waals surface area contributed by atoms with Crippen LogP contribution in [0.5, 0.6) is 5.75 Å². The van der Waals surface area contributed by atoms with Crippen molar-refractivity contribution in [2.75, 3.05) is 53.1 Å². The Morgan fingerprint density at radius 1 is 1.08 bits per heavy atom. The Bertz CT molecular complexity index is 1060. The highest BCUT2D eigenvalue weighted by Gasteiger charge is 2.63. The van der Waals surface area contributed by atoms with E-state index in [1.54, 1.807) is 31.2 Å². The molecule has 206 valence electrons. The molecule has 4 rings (SSSR count). The van der Waals surface area contributed by atoms with Gasteiger partial charge in [-0.2, -0.15) is 17.0 Å². The molecule has 3 aliphatic heterocycles. The third kappa shape index (κ3) is 5.83. The second kappa shape index (κ2) is 11.7. The fraction of sp³-hybridized carbons (Fsp3) is 0.667. The molecule has 2 atom stereocenters. The molecule has 11 nitrogen and oxygen atoms in total. The van der Waals surface area contributed by atoms with Gasteiger partial charge in [-0.05, 0) is 56.9 Å². The molecule has 0 N–H and O–H groups in total. The van der Waals surface area contributed by atoms with E-state index in [1.807, 2.05) is 0 Å². The number of halogens is 1.